The normalized spacial score (nSPS) is 10.4. The maximum atomic E-state index is 13.5. The van der Waals surface area contributed by atoms with Gasteiger partial charge in [0.1, 0.15) is 34.5 Å². The van der Waals surface area contributed by atoms with Gasteiger partial charge in [0.15, 0.2) is 0 Å². The highest BCUT2D eigenvalue weighted by atomic mass is 16.6. The van der Waals surface area contributed by atoms with Crippen molar-refractivity contribution < 1.29 is 76.1 Å². The molecule has 0 saturated carbocycles. The number of hydrogen-bond acceptors (Lipinski definition) is 16. The Hall–Kier alpha value is -7.36. The Kier molecular flexibility index (Phi) is 29.9. The maximum Gasteiger partial charge on any atom is 0.343 e. The van der Waals surface area contributed by atoms with E-state index in [-0.39, 0.29) is 22.6 Å². The summed E-state index contributed by atoms with van der Waals surface area (Å²) < 4.78 is 55.6. The Morgan fingerprint density at radius 3 is 0.750 bits per heavy atom. The van der Waals surface area contributed by atoms with Gasteiger partial charge in [-0.2, -0.15) is 0 Å². The van der Waals surface area contributed by atoms with Crippen molar-refractivity contribution in [1.29, 1.82) is 0 Å². The zero-order valence-electron chi connectivity index (χ0n) is 41.4. The molecule has 0 unspecified atom stereocenters. The Morgan fingerprint density at radius 2 is 0.528 bits per heavy atom. The minimum absolute atomic E-state index is 0.198. The molecule has 0 heterocycles. The first-order chi connectivity index (χ1) is 35.0. The predicted octanol–water partition coefficient (Wildman–Crippen LogP) is 10.8. The monoisotopic (exact) mass is 998 g/mol. The minimum Gasteiger partial charge on any atom is -0.493 e. The van der Waals surface area contributed by atoms with E-state index in [9.17, 15) is 28.8 Å². The van der Waals surface area contributed by atoms with Crippen molar-refractivity contribution in [1.82, 2.24) is 0 Å². The molecular formula is C56H70O16. The smallest absolute Gasteiger partial charge is 0.343 e. The highest BCUT2D eigenvalue weighted by Gasteiger charge is 2.16. The fourth-order valence-corrected chi connectivity index (χ4v) is 6.54. The van der Waals surface area contributed by atoms with Gasteiger partial charge < -0.3 is 47.4 Å². The molecule has 0 aromatic heterocycles. The van der Waals surface area contributed by atoms with Crippen LogP contribution in [-0.2, 0) is 38.1 Å². The Labute approximate surface area is 423 Å². The summed E-state index contributed by atoms with van der Waals surface area (Å²) >= 11 is 0. The second-order valence-corrected chi connectivity index (χ2v) is 16.2. The van der Waals surface area contributed by atoms with Crippen molar-refractivity contribution in [3.8, 4) is 34.5 Å². The number of unbranched alkanes of at least 4 members (excludes halogenated alkanes) is 12. The van der Waals surface area contributed by atoms with E-state index >= 15 is 0 Å². The molecule has 0 saturated heterocycles. The number of benzene rings is 3. The van der Waals surface area contributed by atoms with Gasteiger partial charge >= 0.3 is 35.8 Å². The number of carbonyl (C=O) groups is 6. The fourth-order valence-electron chi connectivity index (χ4n) is 6.54. The molecule has 0 bridgehead atoms. The molecule has 390 valence electrons. The first kappa shape index (κ1) is 59.0. The maximum absolute atomic E-state index is 13.5. The average molecular weight is 999 g/mol. The van der Waals surface area contributed by atoms with E-state index in [2.05, 4.69) is 26.3 Å². The quantitative estimate of drug-likeness (QED) is 0.0171. The minimum atomic E-state index is -0.662. The molecule has 16 heteroatoms. The second kappa shape index (κ2) is 36.6. The molecule has 0 amide bonds. The molecule has 3 aromatic carbocycles. The van der Waals surface area contributed by atoms with Gasteiger partial charge in [0.25, 0.3) is 0 Å². The largest absolute Gasteiger partial charge is 0.493 e. The number of rotatable bonds is 40. The number of carbonyl (C=O) groups excluding carboxylic acids is 6. The third-order valence-corrected chi connectivity index (χ3v) is 10.3. The highest BCUT2D eigenvalue weighted by Crippen LogP contribution is 2.28. The second-order valence-electron chi connectivity index (χ2n) is 16.2. The lowest BCUT2D eigenvalue weighted by Crippen LogP contribution is -2.11. The van der Waals surface area contributed by atoms with Crippen molar-refractivity contribution in [3.05, 3.63) is 122 Å². The van der Waals surface area contributed by atoms with Crippen molar-refractivity contribution >= 4 is 35.8 Å². The van der Waals surface area contributed by atoms with Gasteiger partial charge in [-0.05, 0) is 151 Å². The van der Waals surface area contributed by atoms with Crippen LogP contribution < -0.4 is 28.4 Å². The number of esters is 6. The topological polar surface area (TPSA) is 195 Å². The molecular weight excluding hydrogens is 929 g/mol. The zero-order valence-corrected chi connectivity index (χ0v) is 41.4. The van der Waals surface area contributed by atoms with Crippen LogP contribution >= 0.6 is 0 Å². The van der Waals surface area contributed by atoms with Crippen molar-refractivity contribution in [2.24, 2.45) is 0 Å². The molecule has 3 aromatic rings. The molecule has 16 nitrogen and oxygen atoms in total. The van der Waals surface area contributed by atoms with E-state index in [4.69, 9.17) is 47.4 Å². The lowest BCUT2D eigenvalue weighted by atomic mass is 10.2. The lowest BCUT2D eigenvalue weighted by Gasteiger charge is -2.13. The van der Waals surface area contributed by atoms with E-state index in [1.54, 1.807) is 36.4 Å². The summed E-state index contributed by atoms with van der Waals surface area (Å²) in [5.41, 5.74) is 0.397. The zero-order chi connectivity index (χ0) is 52.0. The molecule has 3 rings (SSSR count). The molecule has 0 atom stereocenters. The van der Waals surface area contributed by atoms with Crippen LogP contribution in [0.4, 0.5) is 0 Å². The van der Waals surface area contributed by atoms with E-state index < -0.39 is 35.8 Å². The van der Waals surface area contributed by atoms with E-state index in [1.165, 1.54) is 24.3 Å². The fraction of sp³-hybridized carbons (Fsp3) is 0.429. The molecule has 0 fully saturated rings. The van der Waals surface area contributed by atoms with Gasteiger partial charge in [0, 0.05) is 36.4 Å². The summed E-state index contributed by atoms with van der Waals surface area (Å²) in [7, 11) is 0. The van der Waals surface area contributed by atoms with Gasteiger partial charge in [-0.3, -0.25) is 0 Å². The lowest BCUT2D eigenvalue weighted by molar-refractivity contribution is -0.138. The summed E-state index contributed by atoms with van der Waals surface area (Å²) in [5.74, 6) is -1.00. The van der Waals surface area contributed by atoms with Gasteiger partial charge in [0.2, 0.25) is 0 Å². The first-order valence-electron chi connectivity index (χ1n) is 24.6. The van der Waals surface area contributed by atoms with Crippen LogP contribution in [0.15, 0.2) is 111 Å². The summed E-state index contributed by atoms with van der Waals surface area (Å²) in [6.07, 6.45) is 17.0. The van der Waals surface area contributed by atoms with Crippen LogP contribution in [0.1, 0.15) is 123 Å². The molecule has 0 aliphatic rings. The molecule has 0 radical (unpaired) electrons. The molecule has 0 aliphatic heterocycles. The third kappa shape index (κ3) is 26.6. The highest BCUT2D eigenvalue weighted by molar-refractivity contribution is 5.93. The van der Waals surface area contributed by atoms with E-state index in [0.717, 1.165) is 101 Å². The predicted molar refractivity (Wildman–Crippen MR) is 270 cm³/mol. The van der Waals surface area contributed by atoms with E-state index in [0.29, 0.717) is 102 Å². The Balaban J connectivity index is 1.62. The first-order valence-corrected chi connectivity index (χ1v) is 24.6. The van der Waals surface area contributed by atoms with Gasteiger partial charge in [0.05, 0.1) is 64.0 Å². The van der Waals surface area contributed by atoms with Gasteiger partial charge in [-0.1, -0.05) is 26.3 Å². The van der Waals surface area contributed by atoms with Gasteiger partial charge in [-0.15, -0.1) is 0 Å². The molecule has 0 spiro atoms. The molecule has 0 aliphatic carbocycles. The van der Waals surface area contributed by atoms with Crippen LogP contribution in [0.25, 0.3) is 0 Å². The standard InChI is InChI=1S/C56H70O16/c1-5-51(57)67-33-21-13-9-17-29-63-47-37-43(38-48(41-47)64-30-18-10-14-22-34-68-52(58)6-2)55(61)71-45-25-27-46(28-26-45)72-56(62)44-39-49(65-31-19-11-15-23-35-69-53(59)7-3)42-50(40-44)66-32-20-12-16-24-36-70-54(60)8-4/h5-8,25-28,37-42H,1-4,9-24,29-36H2. The molecule has 72 heavy (non-hydrogen) atoms. The van der Waals surface area contributed by atoms with Crippen molar-refractivity contribution in [2.75, 3.05) is 52.9 Å². The number of hydrogen-bond donors (Lipinski definition) is 0. The Morgan fingerprint density at radius 1 is 0.306 bits per heavy atom. The molecule has 0 N–H and O–H groups in total. The summed E-state index contributed by atoms with van der Waals surface area (Å²) in [4.78, 5) is 72.1. The summed E-state index contributed by atoms with van der Waals surface area (Å²) in [5, 5.41) is 0. The van der Waals surface area contributed by atoms with Crippen LogP contribution in [-0.4, -0.2) is 88.7 Å². The summed E-state index contributed by atoms with van der Waals surface area (Å²) in [6.45, 7) is 16.4. The SMILES string of the molecule is C=CC(=O)OCCCCCCOc1cc(OCCCCCCOC(=O)C=C)cc(C(=O)Oc2ccc(OC(=O)c3cc(OCCCCCCOC(=O)C=C)cc(OCCCCCCOC(=O)C=C)c3)cc2)c1. The average Bonchev–Trinajstić information content (AvgIpc) is 3.39. The van der Waals surface area contributed by atoms with Crippen molar-refractivity contribution in [3.63, 3.8) is 0 Å². The van der Waals surface area contributed by atoms with Crippen molar-refractivity contribution in [2.45, 2.75) is 103 Å². The van der Waals surface area contributed by atoms with Gasteiger partial charge in [-0.25, -0.2) is 28.8 Å². The summed E-state index contributed by atoms with van der Waals surface area (Å²) in [6, 6.07) is 15.8. The van der Waals surface area contributed by atoms with Crippen LogP contribution in [0.5, 0.6) is 34.5 Å². The van der Waals surface area contributed by atoms with Crippen LogP contribution in [0.3, 0.4) is 0 Å². The van der Waals surface area contributed by atoms with Crippen LogP contribution in [0, 0.1) is 0 Å². The third-order valence-electron chi connectivity index (χ3n) is 10.3. The van der Waals surface area contributed by atoms with Crippen LogP contribution in [0.2, 0.25) is 0 Å². The van der Waals surface area contributed by atoms with E-state index in [1.807, 2.05) is 0 Å². The Bertz CT molecular complexity index is 1920. The number of ether oxygens (including phenoxy) is 10.